The molecule has 23 heavy (non-hydrogen) atoms. The SMILES string of the molecule is C[C@@H](NC(=O)CSc1nc2ccccc2[nH]1)c1ccccc1Br. The van der Waals surface area contributed by atoms with Gasteiger partial charge >= 0.3 is 0 Å². The van der Waals surface area contributed by atoms with Gasteiger partial charge in [-0.2, -0.15) is 0 Å². The maximum atomic E-state index is 12.1. The van der Waals surface area contributed by atoms with Gasteiger partial charge in [0.2, 0.25) is 5.91 Å². The average molecular weight is 390 g/mol. The molecule has 1 amide bonds. The second kappa shape index (κ2) is 7.19. The van der Waals surface area contributed by atoms with E-state index in [2.05, 4.69) is 31.2 Å². The van der Waals surface area contributed by atoms with Crippen molar-refractivity contribution in [2.24, 2.45) is 0 Å². The second-order valence-corrected chi connectivity index (χ2v) is 6.98. The van der Waals surface area contributed by atoms with Crippen molar-refractivity contribution in [3.8, 4) is 0 Å². The maximum absolute atomic E-state index is 12.1. The van der Waals surface area contributed by atoms with Crippen LogP contribution in [0.25, 0.3) is 11.0 Å². The Bertz CT molecular complexity index is 800. The molecule has 0 aliphatic heterocycles. The number of aromatic nitrogens is 2. The van der Waals surface area contributed by atoms with Crippen molar-refractivity contribution in [2.75, 3.05) is 5.75 Å². The zero-order valence-electron chi connectivity index (χ0n) is 12.5. The van der Waals surface area contributed by atoms with Crippen LogP contribution in [0.2, 0.25) is 0 Å². The van der Waals surface area contributed by atoms with Gasteiger partial charge in [0.05, 0.1) is 22.8 Å². The molecule has 1 heterocycles. The number of halogens is 1. The quantitative estimate of drug-likeness (QED) is 0.639. The van der Waals surface area contributed by atoms with Gasteiger partial charge in [0.15, 0.2) is 5.16 Å². The number of H-pyrrole nitrogens is 1. The Labute approximate surface area is 147 Å². The van der Waals surface area contributed by atoms with Gasteiger partial charge in [0.25, 0.3) is 0 Å². The Kier molecular flexibility index (Phi) is 5.03. The average Bonchev–Trinajstić information content (AvgIpc) is 2.96. The van der Waals surface area contributed by atoms with Crippen LogP contribution in [0.3, 0.4) is 0 Å². The second-order valence-electron chi connectivity index (χ2n) is 5.16. The van der Waals surface area contributed by atoms with Crippen molar-refractivity contribution < 1.29 is 4.79 Å². The van der Waals surface area contributed by atoms with Gasteiger partial charge in [-0.25, -0.2) is 4.98 Å². The Morgan fingerprint density at radius 3 is 2.78 bits per heavy atom. The molecule has 2 aromatic carbocycles. The van der Waals surface area contributed by atoms with Crippen LogP contribution in [-0.4, -0.2) is 21.6 Å². The van der Waals surface area contributed by atoms with E-state index < -0.39 is 0 Å². The molecule has 6 heteroatoms. The van der Waals surface area contributed by atoms with Crippen molar-refractivity contribution in [1.82, 2.24) is 15.3 Å². The summed E-state index contributed by atoms with van der Waals surface area (Å²) >= 11 is 4.92. The molecule has 3 aromatic rings. The summed E-state index contributed by atoms with van der Waals surface area (Å²) in [5.41, 5.74) is 2.96. The van der Waals surface area contributed by atoms with Crippen LogP contribution in [0.4, 0.5) is 0 Å². The number of fused-ring (bicyclic) bond motifs is 1. The monoisotopic (exact) mass is 389 g/mol. The van der Waals surface area contributed by atoms with Gasteiger partial charge in [-0.3, -0.25) is 4.79 Å². The van der Waals surface area contributed by atoms with E-state index in [1.54, 1.807) is 0 Å². The standard InChI is InChI=1S/C17H16BrN3OS/c1-11(12-6-2-3-7-13(12)18)19-16(22)10-23-17-20-14-8-4-5-9-15(14)21-17/h2-9,11H,10H2,1H3,(H,19,22)(H,20,21)/t11-/m1/s1. The molecule has 0 spiro atoms. The van der Waals surface area contributed by atoms with Gasteiger partial charge in [0, 0.05) is 4.47 Å². The summed E-state index contributed by atoms with van der Waals surface area (Å²) in [6.07, 6.45) is 0. The summed E-state index contributed by atoms with van der Waals surface area (Å²) in [6.45, 7) is 1.98. The molecular weight excluding hydrogens is 374 g/mol. The van der Waals surface area contributed by atoms with E-state index in [9.17, 15) is 4.79 Å². The van der Waals surface area contributed by atoms with Crippen LogP contribution in [0.5, 0.6) is 0 Å². The smallest absolute Gasteiger partial charge is 0.230 e. The summed E-state index contributed by atoms with van der Waals surface area (Å²) in [5.74, 6) is 0.313. The molecule has 2 N–H and O–H groups in total. The van der Waals surface area contributed by atoms with Crippen LogP contribution >= 0.6 is 27.7 Å². The molecule has 0 aliphatic carbocycles. The number of aromatic amines is 1. The Morgan fingerprint density at radius 2 is 2.00 bits per heavy atom. The first kappa shape index (κ1) is 16.1. The van der Waals surface area contributed by atoms with Gasteiger partial charge in [-0.1, -0.05) is 58.0 Å². The fraction of sp³-hybridized carbons (Fsp3) is 0.176. The third kappa shape index (κ3) is 3.95. The Morgan fingerprint density at radius 1 is 1.26 bits per heavy atom. The highest BCUT2D eigenvalue weighted by molar-refractivity contribution is 9.10. The van der Waals surface area contributed by atoms with Crippen LogP contribution in [0, 0.1) is 0 Å². The first-order chi connectivity index (χ1) is 11.1. The van der Waals surface area contributed by atoms with E-state index >= 15 is 0 Å². The summed E-state index contributed by atoms with van der Waals surface area (Å²) < 4.78 is 0.998. The van der Waals surface area contributed by atoms with Gasteiger partial charge in [-0.05, 0) is 30.7 Å². The minimum Gasteiger partial charge on any atom is -0.349 e. The highest BCUT2D eigenvalue weighted by atomic mass is 79.9. The number of rotatable bonds is 5. The van der Waals surface area contributed by atoms with E-state index in [0.29, 0.717) is 5.75 Å². The summed E-state index contributed by atoms with van der Waals surface area (Å²) in [4.78, 5) is 19.8. The van der Waals surface area contributed by atoms with Crippen molar-refractivity contribution in [2.45, 2.75) is 18.1 Å². The van der Waals surface area contributed by atoms with Crippen molar-refractivity contribution in [3.63, 3.8) is 0 Å². The van der Waals surface area contributed by atoms with Gasteiger partial charge in [-0.15, -0.1) is 0 Å². The summed E-state index contributed by atoms with van der Waals surface area (Å²) in [5, 5.41) is 3.77. The van der Waals surface area contributed by atoms with E-state index in [1.807, 2.05) is 55.5 Å². The van der Waals surface area contributed by atoms with Crippen LogP contribution in [0.1, 0.15) is 18.5 Å². The maximum Gasteiger partial charge on any atom is 0.230 e. The molecule has 4 nitrogen and oxygen atoms in total. The fourth-order valence-electron chi connectivity index (χ4n) is 2.32. The molecule has 3 rings (SSSR count). The number of thioether (sulfide) groups is 1. The zero-order chi connectivity index (χ0) is 16.2. The van der Waals surface area contributed by atoms with Crippen molar-refractivity contribution in [3.05, 3.63) is 58.6 Å². The Hall–Kier alpha value is -1.79. The molecule has 0 aliphatic rings. The fourth-order valence-corrected chi connectivity index (χ4v) is 3.64. The number of hydrogen-bond acceptors (Lipinski definition) is 3. The lowest BCUT2D eigenvalue weighted by Crippen LogP contribution is -2.28. The van der Waals surface area contributed by atoms with Gasteiger partial charge in [0.1, 0.15) is 0 Å². The zero-order valence-corrected chi connectivity index (χ0v) is 14.9. The molecule has 0 unspecified atom stereocenters. The number of hydrogen-bond donors (Lipinski definition) is 2. The van der Waals surface area contributed by atoms with Crippen LogP contribution in [-0.2, 0) is 4.79 Å². The third-order valence-corrected chi connectivity index (χ3v) is 5.05. The number of nitrogens with zero attached hydrogens (tertiary/aromatic N) is 1. The molecule has 118 valence electrons. The number of benzene rings is 2. The molecule has 0 fully saturated rings. The van der Waals surface area contributed by atoms with E-state index in [0.717, 1.165) is 26.2 Å². The molecular formula is C17H16BrN3OS. The minimum absolute atomic E-state index is 0.0151. The molecule has 1 aromatic heterocycles. The highest BCUT2D eigenvalue weighted by Gasteiger charge is 2.13. The number of amides is 1. The molecule has 1 atom stereocenters. The first-order valence-corrected chi connectivity index (χ1v) is 9.02. The Balaban J connectivity index is 1.58. The first-order valence-electron chi connectivity index (χ1n) is 7.25. The predicted octanol–water partition coefficient (Wildman–Crippen LogP) is 4.29. The molecule has 0 radical (unpaired) electrons. The van der Waals surface area contributed by atoms with E-state index in [1.165, 1.54) is 11.8 Å². The number of nitrogens with one attached hydrogen (secondary N) is 2. The van der Waals surface area contributed by atoms with E-state index in [-0.39, 0.29) is 11.9 Å². The largest absolute Gasteiger partial charge is 0.349 e. The van der Waals surface area contributed by atoms with E-state index in [4.69, 9.17) is 0 Å². The molecule has 0 saturated heterocycles. The molecule has 0 saturated carbocycles. The summed E-state index contributed by atoms with van der Waals surface area (Å²) in [6, 6.07) is 15.7. The topological polar surface area (TPSA) is 57.8 Å². The number of carbonyl (C=O) groups excluding carboxylic acids is 1. The lowest BCUT2D eigenvalue weighted by Gasteiger charge is -2.15. The number of imidazole rings is 1. The lowest BCUT2D eigenvalue weighted by molar-refractivity contribution is -0.119. The van der Waals surface area contributed by atoms with Gasteiger partial charge < -0.3 is 10.3 Å². The minimum atomic E-state index is -0.0469. The summed E-state index contributed by atoms with van der Waals surface area (Å²) in [7, 11) is 0. The van der Waals surface area contributed by atoms with Crippen LogP contribution in [0.15, 0.2) is 58.2 Å². The number of para-hydroxylation sites is 2. The molecule has 0 bridgehead atoms. The van der Waals surface area contributed by atoms with Crippen molar-refractivity contribution >= 4 is 44.6 Å². The lowest BCUT2D eigenvalue weighted by atomic mass is 10.1. The van der Waals surface area contributed by atoms with Crippen LogP contribution < -0.4 is 5.32 Å². The predicted molar refractivity (Wildman–Crippen MR) is 97.5 cm³/mol. The normalized spacial score (nSPS) is 12.3. The number of carbonyl (C=O) groups is 1. The highest BCUT2D eigenvalue weighted by Crippen LogP contribution is 2.23. The third-order valence-electron chi connectivity index (χ3n) is 3.46. The van der Waals surface area contributed by atoms with Crippen molar-refractivity contribution in [1.29, 1.82) is 0 Å².